The Morgan fingerprint density at radius 2 is 2.20 bits per heavy atom. The lowest BCUT2D eigenvalue weighted by molar-refractivity contribution is 0.112. The smallest absolute Gasteiger partial charge is 0.194 e. The van der Waals surface area contributed by atoms with Crippen LogP contribution in [0.5, 0.6) is 11.5 Å². The number of phenolic OH excluding ortho intramolecular Hbond substituents is 1. The van der Waals surface area contributed by atoms with Crippen LogP contribution in [0.4, 0.5) is 8.78 Å². The molecule has 0 fully saturated rings. The Morgan fingerprint density at radius 1 is 1.47 bits per heavy atom. The first kappa shape index (κ1) is 11.4. The number of hydrogen-bond acceptors (Lipinski definition) is 3. The van der Waals surface area contributed by atoms with E-state index in [2.05, 4.69) is 0 Å². The molecule has 0 spiro atoms. The summed E-state index contributed by atoms with van der Waals surface area (Å²) in [6, 6.07) is 2.09. The van der Waals surface area contributed by atoms with E-state index in [-0.39, 0.29) is 24.3 Å². The summed E-state index contributed by atoms with van der Waals surface area (Å²) in [7, 11) is 0. The standard InChI is InChI=1S/C10H10F2O3/c11-2-1-3-15-9-5-7(6-13)4-8(12)10(9)14/h4-6,14H,1-3H2. The fourth-order valence-electron chi connectivity index (χ4n) is 1.01. The minimum atomic E-state index is -0.935. The van der Waals surface area contributed by atoms with Crippen LogP contribution in [0.15, 0.2) is 12.1 Å². The van der Waals surface area contributed by atoms with Gasteiger partial charge in [-0.3, -0.25) is 9.18 Å². The number of hydrogen-bond donors (Lipinski definition) is 1. The second-order valence-electron chi connectivity index (χ2n) is 2.86. The molecule has 0 bridgehead atoms. The highest BCUT2D eigenvalue weighted by atomic mass is 19.1. The molecule has 0 heterocycles. The van der Waals surface area contributed by atoms with E-state index < -0.39 is 18.2 Å². The monoisotopic (exact) mass is 216 g/mol. The van der Waals surface area contributed by atoms with Crippen LogP contribution in [-0.4, -0.2) is 24.7 Å². The van der Waals surface area contributed by atoms with Crippen molar-refractivity contribution in [3.05, 3.63) is 23.5 Å². The Kier molecular flexibility index (Phi) is 4.03. The molecule has 0 unspecified atom stereocenters. The molecule has 0 atom stereocenters. The molecule has 1 aromatic carbocycles. The average molecular weight is 216 g/mol. The van der Waals surface area contributed by atoms with Crippen molar-refractivity contribution < 1.29 is 23.4 Å². The lowest BCUT2D eigenvalue weighted by Crippen LogP contribution is -2.00. The van der Waals surface area contributed by atoms with E-state index in [1.807, 2.05) is 0 Å². The summed E-state index contributed by atoms with van der Waals surface area (Å²) in [5.41, 5.74) is 0.0561. The Hall–Kier alpha value is -1.65. The first-order valence-electron chi connectivity index (χ1n) is 4.35. The zero-order valence-corrected chi connectivity index (χ0v) is 7.87. The Morgan fingerprint density at radius 3 is 2.80 bits per heavy atom. The number of alkyl halides is 1. The van der Waals surface area contributed by atoms with Crippen LogP contribution >= 0.6 is 0 Å². The van der Waals surface area contributed by atoms with E-state index in [4.69, 9.17) is 4.74 Å². The molecule has 0 saturated carbocycles. The van der Waals surface area contributed by atoms with Crippen LogP contribution < -0.4 is 4.74 Å². The topological polar surface area (TPSA) is 46.5 Å². The Bertz CT molecular complexity index is 353. The number of rotatable bonds is 5. The minimum absolute atomic E-state index is 0.0197. The van der Waals surface area contributed by atoms with E-state index in [1.54, 1.807) is 0 Å². The van der Waals surface area contributed by atoms with Gasteiger partial charge < -0.3 is 9.84 Å². The van der Waals surface area contributed by atoms with Crippen molar-refractivity contribution in [1.82, 2.24) is 0 Å². The number of halogens is 2. The van der Waals surface area contributed by atoms with Crippen LogP contribution in [0.3, 0.4) is 0 Å². The number of aldehydes is 1. The predicted molar refractivity (Wildman–Crippen MR) is 49.5 cm³/mol. The highest BCUT2D eigenvalue weighted by Gasteiger charge is 2.10. The van der Waals surface area contributed by atoms with E-state index in [0.717, 1.165) is 6.07 Å². The molecule has 3 nitrogen and oxygen atoms in total. The number of benzene rings is 1. The zero-order valence-electron chi connectivity index (χ0n) is 7.87. The molecule has 1 aromatic rings. The van der Waals surface area contributed by atoms with Crippen LogP contribution in [0.2, 0.25) is 0 Å². The first-order valence-corrected chi connectivity index (χ1v) is 4.35. The molecule has 82 valence electrons. The van der Waals surface area contributed by atoms with Crippen molar-refractivity contribution in [3.8, 4) is 11.5 Å². The minimum Gasteiger partial charge on any atom is -0.502 e. The van der Waals surface area contributed by atoms with Gasteiger partial charge in [0.05, 0.1) is 13.3 Å². The summed E-state index contributed by atoms with van der Waals surface area (Å²) < 4.78 is 29.6. The molecule has 5 heteroatoms. The molecule has 0 saturated heterocycles. The Labute approximate surface area is 85.3 Å². The van der Waals surface area contributed by atoms with Gasteiger partial charge >= 0.3 is 0 Å². The summed E-state index contributed by atoms with van der Waals surface area (Å²) in [6.45, 7) is -0.539. The molecule has 1 rings (SSSR count). The number of ether oxygens (including phenoxy) is 1. The lowest BCUT2D eigenvalue weighted by atomic mass is 10.2. The molecule has 0 amide bonds. The first-order chi connectivity index (χ1) is 7.19. The van der Waals surface area contributed by atoms with Gasteiger partial charge in [0.2, 0.25) is 0 Å². The van der Waals surface area contributed by atoms with Gasteiger partial charge in [-0.15, -0.1) is 0 Å². The summed E-state index contributed by atoms with van der Waals surface area (Å²) >= 11 is 0. The van der Waals surface area contributed by atoms with E-state index in [9.17, 15) is 18.7 Å². The third kappa shape index (κ3) is 2.90. The molecule has 0 radical (unpaired) electrons. The second kappa shape index (κ2) is 5.29. The Balaban J connectivity index is 2.85. The third-order valence-corrected chi connectivity index (χ3v) is 1.72. The maximum atomic E-state index is 13.0. The normalized spacial score (nSPS) is 10.0. The van der Waals surface area contributed by atoms with Gasteiger partial charge in [0, 0.05) is 12.0 Å². The number of carbonyl (C=O) groups is 1. The SMILES string of the molecule is O=Cc1cc(F)c(O)c(OCCCF)c1. The maximum Gasteiger partial charge on any atom is 0.194 e. The number of aromatic hydroxyl groups is 1. The summed E-state index contributed by atoms with van der Waals surface area (Å²) in [5.74, 6) is -1.75. The van der Waals surface area contributed by atoms with Gasteiger partial charge in [0.25, 0.3) is 0 Å². The van der Waals surface area contributed by atoms with Crippen LogP contribution in [0.1, 0.15) is 16.8 Å². The van der Waals surface area contributed by atoms with Crippen molar-refractivity contribution >= 4 is 6.29 Å². The lowest BCUT2D eigenvalue weighted by Gasteiger charge is -2.08. The van der Waals surface area contributed by atoms with Gasteiger partial charge in [-0.25, -0.2) is 4.39 Å². The summed E-state index contributed by atoms with van der Waals surface area (Å²) in [5, 5.41) is 9.21. The third-order valence-electron chi connectivity index (χ3n) is 1.72. The van der Waals surface area contributed by atoms with E-state index in [0.29, 0.717) is 6.29 Å². The van der Waals surface area contributed by atoms with Gasteiger partial charge in [-0.2, -0.15) is 0 Å². The second-order valence-corrected chi connectivity index (χ2v) is 2.86. The number of carbonyl (C=O) groups excluding carboxylic acids is 1. The fourth-order valence-corrected chi connectivity index (χ4v) is 1.01. The highest BCUT2D eigenvalue weighted by Crippen LogP contribution is 2.30. The molecular weight excluding hydrogens is 206 g/mol. The average Bonchev–Trinajstić information content (AvgIpc) is 2.24. The molecule has 0 aliphatic carbocycles. The summed E-state index contributed by atoms with van der Waals surface area (Å²) in [4.78, 5) is 10.4. The molecule has 0 aromatic heterocycles. The van der Waals surface area contributed by atoms with Crippen molar-refractivity contribution in [2.45, 2.75) is 6.42 Å². The van der Waals surface area contributed by atoms with Crippen LogP contribution in [0, 0.1) is 5.82 Å². The van der Waals surface area contributed by atoms with E-state index in [1.165, 1.54) is 6.07 Å². The maximum absolute atomic E-state index is 13.0. The quantitative estimate of drug-likeness (QED) is 0.605. The van der Waals surface area contributed by atoms with Gasteiger partial charge in [0.1, 0.15) is 6.29 Å². The predicted octanol–water partition coefficient (Wildman–Crippen LogP) is 2.08. The van der Waals surface area contributed by atoms with Crippen molar-refractivity contribution in [2.75, 3.05) is 13.3 Å². The van der Waals surface area contributed by atoms with Crippen molar-refractivity contribution in [3.63, 3.8) is 0 Å². The van der Waals surface area contributed by atoms with Crippen LogP contribution in [0.25, 0.3) is 0 Å². The van der Waals surface area contributed by atoms with Crippen molar-refractivity contribution in [1.29, 1.82) is 0 Å². The van der Waals surface area contributed by atoms with Gasteiger partial charge in [0.15, 0.2) is 17.3 Å². The zero-order chi connectivity index (χ0) is 11.3. The number of phenols is 1. The molecule has 1 N–H and O–H groups in total. The molecule has 15 heavy (non-hydrogen) atoms. The van der Waals surface area contributed by atoms with E-state index >= 15 is 0 Å². The van der Waals surface area contributed by atoms with Gasteiger partial charge in [-0.1, -0.05) is 0 Å². The fraction of sp³-hybridized carbons (Fsp3) is 0.300. The highest BCUT2D eigenvalue weighted by molar-refractivity contribution is 5.76. The van der Waals surface area contributed by atoms with Crippen molar-refractivity contribution in [2.24, 2.45) is 0 Å². The van der Waals surface area contributed by atoms with Crippen LogP contribution in [-0.2, 0) is 0 Å². The van der Waals surface area contributed by atoms with Gasteiger partial charge in [-0.05, 0) is 12.1 Å². The molecular formula is C10H10F2O3. The largest absolute Gasteiger partial charge is 0.502 e. The molecule has 0 aliphatic heterocycles. The molecule has 0 aliphatic rings. The summed E-state index contributed by atoms with van der Waals surface area (Å²) in [6.07, 6.45) is 0.580.